The molecule has 19 heavy (non-hydrogen) atoms. The van der Waals surface area contributed by atoms with Crippen LogP contribution >= 0.6 is 11.3 Å². The van der Waals surface area contributed by atoms with Crippen LogP contribution in [0.15, 0.2) is 40.3 Å². The molecule has 7 heteroatoms. The van der Waals surface area contributed by atoms with Gasteiger partial charge in [-0.3, -0.25) is 0 Å². The third-order valence-corrected chi connectivity index (χ3v) is 6.49. The summed E-state index contributed by atoms with van der Waals surface area (Å²) in [6.07, 6.45) is 4.78. The van der Waals surface area contributed by atoms with Crippen LogP contribution in [0.1, 0.15) is 24.6 Å². The molecule has 1 atom stereocenters. The molecule has 1 aliphatic rings. The highest BCUT2D eigenvalue weighted by atomic mass is 32.2. The fourth-order valence-electron chi connectivity index (χ4n) is 2.35. The van der Waals surface area contributed by atoms with Crippen LogP contribution < -0.4 is 0 Å². The first-order chi connectivity index (χ1) is 9.19. The van der Waals surface area contributed by atoms with Crippen LogP contribution in [0.25, 0.3) is 0 Å². The van der Waals surface area contributed by atoms with Crippen molar-refractivity contribution in [2.75, 3.05) is 6.54 Å². The van der Waals surface area contributed by atoms with Crippen molar-refractivity contribution in [2.45, 2.75) is 23.1 Å². The normalized spacial score (nSPS) is 20.7. The SMILES string of the molecule is O=S(=O)(c1cccs1)N1CCC[C@H]1c1ccncn1. The largest absolute Gasteiger partial charge is 0.253 e. The fraction of sp³-hybridized carbons (Fsp3) is 0.333. The van der Waals surface area contributed by atoms with Crippen LogP contribution in [-0.2, 0) is 10.0 Å². The lowest BCUT2D eigenvalue weighted by Crippen LogP contribution is -2.30. The molecule has 0 bridgehead atoms. The zero-order chi connectivity index (χ0) is 13.3. The number of aromatic nitrogens is 2. The Balaban J connectivity index is 1.97. The first-order valence-corrected chi connectivity index (χ1v) is 8.33. The molecule has 0 unspecified atom stereocenters. The van der Waals surface area contributed by atoms with Gasteiger partial charge in [0.2, 0.25) is 0 Å². The molecular formula is C12H13N3O2S2. The quantitative estimate of drug-likeness (QED) is 0.869. The highest BCUT2D eigenvalue weighted by molar-refractivity contribution is 7.91. The predicted octanol–water partition coefficient (Wildman–Crippen LogP) is 2.06. The molecule has 0 aromatic carbocycles. The third-order valence-electron chi connectivity index (χ3n) is 3.21. The summed E-state index contributed by atoms with van der Waals surface area (Å²) in [5, 5.41) is 1.78. The molecule has 1 fully saturated rings. The van der Waals surface area contributed by atoms with Gasteiger partial charge in [0.25, 0.3) is 10.0 Å². The van der Waals surface area contributed by atoms with E-state index in [1.165, 1.54) is 17.7 Å². The maximum absolute atomic E-state index is 12.6. The van der Waals surface area contributed by atoms with Gasteiger partial charge in [-0.1, -0.05) is 6.07 Å². The Hall–Kier alpha value is -1.31. The lowest BCUT2D eigenvalue weighted by atomic mass is 10.1. The standard InChI is InChI=1S/C12H13N3O2S2/c16-19(17,12-4-2-8-18-12)15-7-1-3-11(15)10-5-6-13-9-14-10/h2,4-6,8-9,11H,1,3,7H2/t11-/m0/s1. The zero-order valence-corrected chi connectivity index (χ0v) is 11.8. The Morgan fingerprint density at radius 1 is 1.37 bits per heavy atom. The Kier molecular flexibility index (Phi) is 3.34. The summed E-state index contributed by atoms with van der Waals surface area (Å²) in [5.74, 6) is 0. The van der Waals surface area contributed by atoms with Crippen molar-refractivity contribution < 1.29 is 8.42 Å². The summed E-state index contributed by atoms with van der Waals surface area (Å²) in [7, 11) is -3.40. The van der Waals surface area contributed by atoms with Crippen molar-refractivity contribution in [2.24, 2.45) is 0 Å². The van der Waals surface area contributed by atoms with Gasteiger partial charge in [-0.05, 0) is 30.4 Å². The van der Waals surface area contributed by atoms with Crippen LogP contribution in [0.3, 0.4) is 0 Å². The predicted molar refractivity (Wildman–Crippen MR) is 72.2 cm³/mol. The van der Waals surface area contributed by atoms with E-state index in [0.717, 1.165) is 18.5 Å². The third kappa shape index (κ3) is 2.29. The molecule has 0 N–H and O–H groups in total. The number of thiophene rings is 1. The van der Waals surface area contributed by atoms with E-state index in [9.17, 15) is 8.42 Å². The van der Waals surface area contributed by atoms with Crippen molar-refractivity contribution in [1.82, 2.24) is 14.3 Å². The second-order valence-electron chi connectivity index (χ2n) is 4.34. The average Bonchev–Trinajstić information content (AvgIpc) is 3.11. The molecule has 3 rings (SSSR count). The first-order valence-electron chi connectivity index (χ1n) is 6.01. The summed E-state index contributed by atoms with van der Waals surface area (Å²) >= 11 is 1.25. The molecule has 100 valence electrons. The fourth-order valence-corrected chi connectivity index (χ4v) is 5.14. The molecule has 1 aliphatic heterocycles. The Labute approximate surface area is 116 Å². The number of nitrogens with zero attached hydrogens (tertiary/aromatic N) is 3. The van der Waals surface area contributed by atoms with Crippen molar-refractivity contribution >= 4 is 21.4 Å². The van der Waals surface area contributed by atoms with Gasteiger partial charge in [-0.15, -0.1) is 11.3 Å². The monoisotopic (exact) mass is 295 g/mol. The molecule has 3 heterocycles. The number of rotatable bonds is 3. The molecule has 1 saturated heterocycles. The summed E-state index contributed by atoms with van der Waals surface area (Å²) < 4.78 is 27.1. The van der Waals surface area contributed by atoms with E-state index < -0.39 is 10.0 Å². The van der Waals surface area contributed by atoms with E-state index in [2.05, 4.69) is 9.97 Å². The van der Waals surface area contributed by atoms with E-state index in [1.54, 1.807) is 34.1 Å². The topological polar surface area (TPSA) is 63.2 Å². The summed E-state index contributed by atoms with van der Waals surface area (Å²) in [6, 6.07) is 5.02. The second-order valence-corrected chi connectivity index (χ2v) is 7.41. The zero-order valence-electron chi connectivity index (χ0n) is 10.1. The smallest absolute Gasteiger partial charge is 0.245 e. The molecule has 0 saturated carbocycles. The van der Waals surface area contributed by atoms with Gasteiger partial charge >= 0.3 is 0 Å². The van der Waals surface area contributed by atoms with Crippen LogP contribution in [0.2, 0.25) is 0 Å². The maximum Gasteiger partial charge on any atom is 0.253 e. The van der Waals surface area contributed by atoms with E-state index in [4.69, 9.17) is 0 Å². The lowest BCUT2D eigenvalue weighted by Gasteiger charge is -2.22. The minimum Gasteiger partial charge on any atom is -0.245 e. The van der Waals surface area contributed by atoms with Crippen LogP contribution in [-0.4, -0.2) is 29.2 Å². The van der Waals surface area contributed by atoms with E-state index in [0.29, 0.717) is 10.8 Å². The summed E-state index contributed by atoms with van der Waals surface area (Å²) in [5.41, 5.74) is 0.771. The highest BCUT2D eigenvalue weighted by Gasteiger charge is 2.37. The lowest BCUT2D eigenvalue weighted by molar-refractivity contribution is 0.391. The second kappa shape index (κ2) is 4.99. The van der Waals surface area contributed by atoms with Crippen molar-refractivity contribution in [3.05, 3.63) is 41.8 Å². The number of hydrogen-bond donors (Lipinski definition) is 0. The average molecular weight is 295 g/mol. The van der Waals surface area contributed by atoms with Gasteiger partial charge in [-0.2, -0.15) is 4.31 Å². The molecular weight excluding hydrogens is 282 g/mol. The molecule has 0 aliphatic carbocycles. The van der Waals surface area contributed by atoms with Gasteiger partial charge in [0, 0.05) is 12.7 Å². The van der Waals surface area contributed by atoms with E-state index in [1.807, 2.05) is 0 Å². The van der Waals surface area contributed by atoms with Crippen molar-refractivity contribution in [3.8, 4) is 0 Å². The Morgan fingerprint density at radius 2 is 2.26 bits per heavy atom. The van der Waals surface area contributed by atoms with Crippen LogP contribution in [0.4, 0.5) is 0 Å². The Morgan fingerprint density at radius 3 is 2.95 bits per heavy atom. The minimum atomic E-state index is -3.40. The summed E-state index contributed by atoms with van der Waals surface area (Å²) in [4.78, 5) is 8.07. The number of hydrogen-bond acceptors (Lipinski definition) is 5. The molecule has 2 aromatic heterocycles. The molecule has 5 nitrogen and oxygen atoms in total. The van der Waals surface area contributed by atoms with Crippen LogP contribution in [0, 0.1) is 0 Å². The number of sulfonamides is 1. The van der Waals surface area contributed by atoms with Crippen molar-refractivity contribution in [1.29, 1.82) is 0 Å². The van der Waals surface area contributed by atoms with Crippen LogP contribution in [0.5, 0.6) is 0 Å². The first kappa shape index (κ1) is 12.7. The molecule has 0 radical (unpaired) electrons. The van der Waals surface area contributed by atoms with Gasteiger partial charge < -0.3 is 0 Å². The molecule has 2 aromatic rings. The van der Waals surface area contributed by atoms with E-state index >= 15 is 0 Å². The minimum absolute atomic E-state index is 0.171. The Bertz CT molecular complexity index is 641. The van der Waals surface area contributed by atoms with Gasteiger partial charge in [0.15, 0.2) is 0 Å². The van der Waals surface area contributed by atoms with Crippen molar-refractivity contribution in [3.63, 3.8) is 0 Å². The van der Waals surface area contributed by atoms with Gasteiger partial charge in [0.1, 0.15) is 10.5 Å². The highest BCUT2D eigenvalue weighted by Crippen LogP contribution is 2.36. The van der Waals surface area contributed by atoms with E-state index in [-0.39, 0.29) is 6.04 Å². The molecule has 0 spiro atoms. The maximum atomic E-state index is 12.6. The summed E-state index contributed by atoms with van der Waals surface area (Å²) in [6.45, 7) is 0.550. The van der Waals surface area contributed by atoms with Gasteiger partial charge in [-0.25, -0.2) is 18.4 Å². The van der Waals surface area contributed by atoms with Gasteiger partial charge in [0.05, 0.1) is 11.7 Å². The molecule has 0 amide bonds.